The van der Waals surface area contributed by atoms with Gasteiger partial charge in [0, 0.05) is 6.61 Å². The van der Waals surface area contributed by atoms with Crippen molar-refractivity contribution in [3.8, 4) is 0 Å². The number of hydrogen-bond acceptors (Lipinski definition) is 4. The highest BCUT2D eigenvalue weighted by atomic mass is 16.6. The average Bonchev–Trinajstić information content (AvgIpc) is 2.01. The minimum absolute atomic E-state index is 0.336. The molecule has 0 rings (SSSR count). The molecule has 0 aromatic carbocycles. The first kappa shape index (κ1) is 13.2. The zero-order valence-electron chi connectivity index (χ0n) is 9.37. The molecular formula is C9H20N2O3. The molecule has 0 radical (unpaired) electrons. The van der Waals surface area contributed by atoms with Gasteiger partial charge in [-0.2, -0.15) is 0 Å². The van der Waals surface area contributed by atoms with Crippen LogP contribution in [0.1, 0.15) is 27.7 Å². The van der Waals surface area contributed by atoms with Crippen LogP contribution in [0.2, 0.25) is 0 Å². The summed E-state index contributed by atoms with van der Waals surface area (Å²) in [4.78, 5) is 11.3. The molecule has 0 aliphatic heterocycles. The van der Waals surface area contributed by atoms with E-state index in [0.29, 0.717) is 19.8 Å². The molecule has 84 valence electrons. The highest BCUT2D eigenvalue weighted by molar-refractivity contribution is 5.67. The second-order valence-corrected chi connectivity index (χ2v) is 3.87. The molecule has 0 unspecified atom stereocenters. The van der Waals surface area contributed by atoms with Crippen LogP contribution in [-0.4, -0.2) is 36.5 Å². The van der Waals surface area contributed by atoms with Crippen molar-refractivity contribution in [3.05, 3.63) is 0 Å². The number of amides is 1. The molecule has 0 heterocycles. The van der Waals surface area contributed by atoms with E-state index in [9.17, 15) is 4.79 Å². The Hall–Kier alpha value is -0.810. The monoisotopic (exact) mass is 204 g/mol. The van der Waals surface area contributed by atoms with Crippen molar-refractivity contribution in [1.82, 2.24) is 5.01 Å². The first-order valence-corrected chi connectivity index (χ1v) is 4.69. The highest BCUT2D eigenvalue weighted by Gasteiger charge is 2.19. The predicted octanol–water partition coefficient (Wildman–Crippen LogP) is 1.13. The number of rotatable bonds is 4. The van der Waals surface area contributed by atoms with E-state index in [1.54, 1.807) is 20.8 Å². The van der Waals surface area contributed by atoms with Crippen LogP contribution >= 0.6 is 0 Å². The maximum absolute atomic E-state index is 11.3. The summed E-state index contributed by atoms with van der Waals surface area (Å²) in [5, 5.41) is 1.01. The highest BCUT2D eigenvalue weighted by Crippen LogP contribution is 2.08. The van der Waals surface area contributed by atoms with Gasteiger partial charge in [0.15, 0.2) is 0 Å². The van der Waals surface area contributed by atoms with Gasteiger partial charge in [-0.15, -0.1) is 0 Å². The first-order valence-electron chi connectivity index (χ1n) is 4.69. The molecule has 1 amide bonds. The first-order chi connectivity index (χ1) is 6.37. The molecule has 5 heteroatoms. The van der Waals surface area contributed by atoms with Crippen molar-refractivity contribution in [2.24, 2.45) is 5.84 Å². The minimum atomic E-state index is -0.530. The van der Waals surface area contributed by atoms with Gasteiger partial charge in [0.25, 0.3) is 0 Å². The van der Waals surface area contributed by atoms with Crippen LogP contribution in [0.5, 0.6) is 0 Å². The van der Waals surface area contributed by atoms with Crippen LogP contribution in [0.3, 0.4) is 0 Å². The summed E-state index contributed by atoms with van der Waals surface area (Å²) in [6, 6.07) is 0. The van der Waals surface area contributed by atoms with E-state index in [-0.39, 0.29) is 0 Å². The van der Waals surface area contributed by atoms with E-state index in [1.165, 1.54) is 0 Å². The van der Waals surface area contributed by atoms with E-state index in [2.05, 4.69) is 0 Å². The molecule has 0 spiro atoms. The molecule has 0 fully saturated rings. The van der Waals surface area contributed by atoms with Crippen LogP contribution in [0.25, 0.3) is 0 Å². The zero-order valence-corrected chi connectivity index (χ0v) is 9.37. The minimum Gasteiger partial charge on any atom is -0.443 e. The fourth-order valence-corrected chi connectivity index (χ4v) is 0.719. The summed E-state index contributed by atoms with van der Waals surface area (Å²) in [6.45, 7) is 8.63. The summed E-state index contributed by atoms with van der Waals surface area (Å²) < 4.78 is 10.1. The van der Waals surface area contributed by atoms with E-state index in [4.69, 9.17) is 15.3 Å². The van der Waals surface area contributed by atoms with Crippen molar-refractivity contribution < 1.29 is 14.3 Å². The Morgan fingerprint density at radius 3 is 2.43 bits per heavy atom. The number of nitrogens with zero attached hydrogens (tertiary/aromatic N) is 1. The van der Waals surface area contributed by atoms with E-state index >= 15 is 0 Å². The van der Waals surface area contributed by atoms with Gasteiger partial charge in [-0.05, 0) is 27.7 Å². The molecule has 0 bridgehead atoms. The number of carbonyl (C=O) groups excluding carboxylic acids is 1. The lowest BCUT2D eigenvalue weighted by Crippen LogP contribution is -2.43. The van der Waals surface area contributed by atoms with Gasteiger partial charge in [-0.3, -0.25) is 0 Å². The molecular weight excluding hydrogens is 184 g/mol. The van der Waals surface area contributed by atoms with Gasteiger partial charge in [-0.25, -0.2) is 15.6 Å². The average molecular weight is 204 g/mol. The number of hydrogen-bond donors (Lipinski definition) is 1. The zero-order chi connectivity index (χ0) is 11.2. The van der Waals surface area contributed by atoms with E-state index < -0.39 is 11.7 Å². The topological polar surface area (TPSA) is 64.8 Å². The Balaban J connectivity index is 3.77. The molecule has 0 aromatic rings. The molecule has 0 saturated carbocycles. The second-order valence-electron chi connectivity index (χ2n) is 3.87. The number of nitrogens with two attached hydrogens (primary N) is 1. The Bertz CT molecular complexity index is 177. The molecule has 2 N–H and O–H groups in total. The molecule has 14 heavy (non-hydrogen) atoms. The fourth-order valence-electron chi connectivity index (χ4n) is 0.719. The Morgan fingerprint density at radius 1 is 1.43 bits per heavy atom. The van der Waals surface area contributed by atoms with Crippen LogP contribution in [0.4, 0.5) is 4.79 Å². The van der Waals surface area contributed by atoms with E-state index in [0.717, 1.165) is 5.01 Å². The molecule has 0 aliphatic rings. The van der Waals surface area contributed by atoms with Gasteiger partial charge >= 0.3 is 6.09 Å². The van der Waals surface area contributed by atoms with Crippen LogP contribution < -0.4 is 5.84 Å². The summed E-state index contributed by atoms with van der Waals surface area (Å²) in [7, 11) is 0. The maximum Gasteiger partial charge on any atom is 0.424 e. The quantitative estimate of drug-likeness (QED) is 0.323. The molecule has 0 aromatic heterocycles. The summed E-state index contributed by atoms with van der Waals surface area (Å²) in [5.41, 5.74) is -0.514. The Morgan fingerprint density at radius 2 is 2.00 bits per heavy atom. The molecule has 0 aliphatic carbocycles. The third kappa shape index (κ3) is 6.68. The van der Waals surface area contributed by atoms with Crippen molar-refractivity contribution in [2.45, 2.75) is 33.3 Å². The number of hydrazine groups is 1. The van der Waals surface area contributed by atoms with Gasteiger partial charge in [0.2, 0.25) is 0 Å². The molecule has 5 nitrogen and oxygen atoms in total. The smallest absolute Gasteiger partial charge is 0.424 e. The van der Waals surface area contributed by atoms with Crippen molar-refractivity contribution in [3.63, 3.8) is 0 Å². The third-order valence-electron chi connectivity index (χ3n) is 1.31. The Labute approximate surface area is 85.1 Å². The van der Waals surface area contributed by atoms with Crippen molar-refractivity contribution >= 4 is 6.09 Å². The van der Waals surface area contributed by atoms with Gasteiger partial charge in [-0.1, -0.05) is 0 Å². The standard InChI is InChI=1S/C9H20N2O3/c1-5-13-7-6-11(10)8(12)14-9(2,3)4/h5-7,10H2,1-4H3. The maximum atomic E-state index is 11.3. The van der Waals surface area contributed by atoms with Gasteiger partial charge < -0.3 is 9.47 Å². The van der Waals surface area contributed by atoms with Crippen molar-refractivity contribution in [1.29, 1.82) is 0 Å². The molecule has 0 atom stereocenters. The predicted molar refractivity (Wildman–Crippen MR) is 53.6 cm³/mol. The van der Waals surface area contributed by atoms with Crippen LogP contribution in [0, 0.1) is 0 Å². The van der Waals surface area contributed by atoms with Crippen LogP contribution in [0.15, 0.2) is 0 Å². The number of carbonyl (C=O) groups is 1. The van der Waals surface area contributed by atoms with Gasteiger partial charge in [0.05, 0.1) is 13.2 Å². The second kappa shape index (κ2) is 5.82. The lowest BCUT2D eigenvalue weighted by Gasteiger charge is -2.24. The summed E-state index contributed by atoms with van der Waals surface area (Å²) in [6.07, 6.45) is -0.530. The fraction of sp³-hybridized carbons (Fsp3) is 0.889. The summed E-state index contributed by atoms with van der Waals surface area (Å²) in [5.74, 6) is 5.44. The largest absolute Gasteiger partial charge is 0.443 e. The lowest BCUT2D eigenvalue weighted by molar-refractivity contribution is 0.0180. The van der Waals surface area contributed by atoms with Gasteiger partial charge in [0.1, 0.15) is 5.60 Å². The normalized spacial score (nSPS) is 11.2. The lowest BCUT2D eigenvalue weighted by atomic mass is 10.2. The van der Waals surface area contributed by atoms with Crippen molar-refractivity contribution in [2.75, 3.05) is 19.8 Å². The Kier molecular flexibility index (Phi) is 5.49. The third-order valence-corrected chi connectivity index (χ3v) is 1.31. The number of ether oxygens (including phenoxy) is 2. The van der Waals surface area contributed by atoms with Crippen LogP contribution in [-0.2, 0) is 9.47 Å². The molecule has 0 saturated heterocycles. The van der Waals surface area contributed by atoms with E-state index in [1.807, 2.05) is 6.92 Å². The SMILES string of the molecule is CCOCCN(N)C(=O)OC(C)(C)C. The summed E-state index contributed by atoms with van der Waals surface area (Å²) >= 11 is 0.